The summed E-state index contributed by atoms with van der Waals surface area (Å²) in [6, 6.07) is 12.9. The number of Topliss-reactive ketones (excluding diaryl/α,β-unsaturated/α-hetero) is 1. The van der Waals surface area contributed by atoms with Crippen LogP contribution in [-0.2, 0) is 16.0 Å². The van der Waals surface area contributed by atoms with E-state index < -0.39 is 23.6 Å². The summed E-state index contributed by atoms with van der Waals surface area (Å²) in [7, 11) is 0. The second-order valence-electron chi connectivity index (χ2n) is 6.98. The van der Waals surface area contributed by atoms with Gasteiger partial charge in [0.15, 0.2) is 17.3 Å². The van der Waals surface area contributed by atoms with Crippen LogP contribution in [0.15, 0.2) is 53.1 Å². The zero-order valence-corrected chi connectivity index (χ0v) is 16.6. The van der Waals surface area contributed by atoms with E-state index in [9.17, 15) is 14.4 Å². The maximum atomic E-state index is 13.1. The lowest BCUT2D eigenvalue weighted by atomic mass is 10.0. The number of rotatable bonds is 7. The fourth-order valence-electron chi connectivity index (χ4n) is 3.33. The molecule has 0 saturated carbocycles. The van der Waals surface area contributed by atoms with Gasteiger partial charge in [-0.1, -0.05) is 35.5 Å². The molecule has 9 nitrogen and oxygen atoms in total. The normalized spacial score (nSPS) is 12.9. The topological polar surface area (TPSA) is 134 Å². The average molecular weight is 421 g/mol. The van der Waals surface area contributed by atoms with E-state index in [1.54, 1.807) is 49.4 Å². The molecule has 0 bridgehead atoms. The molecule has 1 atom stereocenters. The van der Waals surface area contributed by atoms with E-state index in [1.807, 2.05) is 6.07 Å². The first kappa shape index (κ1) is 20.1. The Bertz CT molecular complexity index is 1160. The third-order valence-electron chi connectivity index (χ3n) is 4.87. The third kappa shape index (κ3) is 4.11. The number of carbonyl (C=O) groups is 3. The summed E-state index contributed by atoms with van der Waals surface area (Å²) >= 11 is 0. The first-order valence-electron chi connectivity index (χ1n) is 9.48. The molecule has 0 fully saturated rings. The van der Waals surface area contributed by atoms with Gasteiger partial charge in [0, 0.05) is 12.0 Å². The van der Waals surface area contributed by atoms with Crippen molar-refractivity contribution in [3.05, 3.63) is 65.4 Å². The van der Waals surface area contributed by atoms with E-state index in [2.05, 4.69) is 10.5 Å². The number of primary amides is 1. The molecule has 0 unspecified atom stereocenters. The van der Waals surface area contributed by atoms with E-state index in [0.29, 0.717) is 22.8 Å². The number of nitrogens with two attached hydrogens (primary N) is 1. The van der Waals surface area contributed by atoms with E-state index in [0.717, 1.165) is 5.56 Å². The van der Waals surface area contributed by atoms with Gasteiger partial charge in [0.05, 0.1) is 5.69 Å². The maximum Gasteiger partial charge on any atom is 0.287 e. The Labute approximate surface area is 177 Å². The summed E-state index contributed by atoms with van der Waals surface area (Å²) in [5.74, 6) is -1.32. The number of aromatic nitrogens is 1. The molecule has 0 spiro atoms. The molecule has 3 N–H and O–H groups in total. The predicted molar refractivity (Wildman–Crippen MR) is 108 cm³/mol. The van der Waals surface area contributed by atoms with Gasteiger partial charge in [0.1, 0.15) is 11.6 Å². The van der Waals surface area contributed by atoms with Crippen molar-refractivity contribution in [2.75, 3.05) is 6.79 Å². The molecule has 0 radical (unpaired) electrons. The van der Waals surface area contributed by atoms with Crippen LogP contribution in [0.2, 0.25) is 0 Å². The average Bonchev–Trinajstić information content (AvgIpc) is 3.39. The first-order valence-corrected chi connectivity index (χ1v) is 9.48. The zero-order valence-electron chi connectivity index (χ0n) is 16.6. The number of hydrogen-bond donors (Lipinski definition) is 2. The van der Waals surface area contributed by atoms with E-state index in [4.69, 9.17) is 19.7 Å². The smallest absolute Gasteiger partial charge is 0.287 e. The first-order chi connectivity index (χ1) is 14.9. The van der Waals surface area contributed by atoms with Crippen molar-refractivity contribution in [3.63, 3.8) is 0 Å². The van der Waals surface area contributed by atoms with Gasteiger partial charge in [-0.2, -0.15) is 0 Å². The largest absolute Gasteiger partial charge is 0.454 e. The van der Waals surface area contributed by atoms with Crippen LogP contribution in [0, 0.1) is 6.92 Å². The zero-order chi connectivity index (χ0) is 22.0. The van der Waals surface area contributed by atoms with Crippen LogP contribution >= 0.6 is 0 Å². The highest BCUT2D eigenvalue weighted by Crippen LogP contribution is 2.37. The highest BCUT2D eigenvalue weighted by atomic mass is 16.7. The Morgan fingerprint density at radius 3 is 2.58 bits per heavy atom. The van der Waals surface area contributed by atoms with Gasteiger partial charge >= 0.3 is 0 Å². The summed E-state index contributed by atoms with van der Waals surface area (Å²) in [5.41, 5.74) is 6.98. The summed E-state index contributed by atoms with van der Waals surface area (Å²) in [5, 5.41) is 6.50. The summed E-state index contributed by atoms with van der Waals surface area (Å²) < 4.78 is 16.1. The number of nitrogens with one attached hydrogen (secondary N) is 1. The number of benzene rings is 2. The number of ether oxygens (including phenoxy) is 2. The SMILES string of the molecule is Cc1noc(-c2ccc3c(c2)OCO3)c1C(=O)N[C@@H](Cc1ccccc1)C(=O)C(N)=O. The number of carbonyl (C=O) groups excluding carboxylic acids is 3. The highest BCUT2D eigenvalue weighted by Gasteiger charge is 2.30. The molecule has 1 aliphatic rings. The lowest BCUT2D eigenvalue weighted by Crippen LogP contribution is -2.47. The van der Waals surface area contributed by atoms with Gasteiger partial charge in [0.25, 0.3) is 11.8 Å². The number of hydrogen-bond acceptors (Lipinski definition) is 7. The molecule has 1 aromatic heterocycles. The minimum atomic E-state index is -1.13. The summed E-state index contributed by atoms with van der Waals surface area (Å²) in [6.07, 6.45) is 0.109. The molecule has 31 heavy (non-hydrogen) atoms. The number of aryl methyl sites for hydroxylation is 1. The molecule has 3 aromatic rings. The van der Waals surface area contributed by atoms with Gasteiger partial charge in [-0.3, -0.25) is 14.4 Å². The van der Waals surface area contributed by atoms with E-state index >= 15 is 0 Å². The van der Waals surface area contributed by atoms with Crippen molar-refractivity contribution >= 4 is 17.6 Å². The second kappa shape index (κ2) is 8.31. The molecule has 4 rings (SSSR count). The van der Waals surface area contributed by atoms with Crippen molar-refractivity contribution in [1.29, 1.82) is 0 Å². The van der Waals surface area contributed by atoms with Crippen molar-refractivity contribution in [3.8, 4) is 22.8 Å². The molecule has 158 valence electrons. The molecular weight excluding hydrogens is 402 g/mol. The van der Waals surface area contributed by atoms with Gasteiger partial charge in [-0.25, -0.2) is 0 Å². The number of ketones is 1. The lowest BCUT2D eigenvalue weighted by Gasteiger charge is -2.16. The second-order valence-corrected chi connectivity index (χ2v) is 6.98. The van der Waals surface area contributed by atoms with Gasteiger partial charge in [0.2, 0.25) is 12.6 Å². The Balaban J connectivity index is 1.63. The minimum Gasteiger partial charge on any atom is -0.454 e. The molecule has 1 aliphatic heterocycles. The van der Waals surface area contributed by atoms with Crippen molar-refractivity contribution < 1.29 is 28.4 Å². The summed E-state index contributed by atoms with van der Waals surface area (Å²) in [6.45, 7) is 1.72. The van der Waals surface area contributed by atoms with Crippen LogP contribution in [-0.4, -0.2) is 35.6 Å². The monoisotopic (exact) mass is 421 g/mol. The quantitative estimate of drug-likeness (QED) is 0.555. The molecular formula is C22H19N3O6. The van der Waals surface area contributed by atoms with Crippen LogP contribution in [0.5, 0.6) is 11.5 Å². The number of fused-ring (bicyclic) bond motifs is 1. The van der Waals surface area contributed by atoms with Crippen molar-refractivity contribution in [1.82, 2.24) is 10.5 Å². The fourth-order valence-corrected chi connectivity index (χ4v) is 3.33. The maximum absolute atomic E-state index is 13.1. The fraction of sp³-hybridized carbons (Fsp3) is 0.182. The number of amides is 2. The molecule has 9 heteroatoms. The molecule has 0 aliphatic carbocycles. The van der Waals surface area contributed by atoms with Crippen LogP contribution in [0.1, 0.15) is 21.6 Å². The minimum absolute atomic E-state index is 0.109. The summed E-state index contributed by atoms with van der Waals surface area (Å²) in [4.78, 5) is 37.0. The standard InChI is InChI=1S/C22H19N3O6/c1-12-18(20(31-25-12)14-7-8-16-17(10-14)30-11-29-16)22(28)24-15(19(26)21(23)27)9-13-5-3-2-4-6-13/h2-8,10,15H,9,11H2,1H3,(H2,23,27)(H,24,28)/t15-/m0/s1. The third-order valence-corrected chi connectivity index (χ3v) is 4.87. The Hall–Kier alpha value is -4.14. The number of nitrogens with zero attached hydrogens (tertiary/aromatic N) is 1. The molecule has 2 aromatic carbocycles. The van der Waals surface area contributed by atoms with E-state index in [1.165, 1.54) is 0 Å². The van der Waals surface area contributed by atoms with Gasteiger partial charge < -0.3 is 25.0 Å². The van der Waals surface area contributed by atoms with Crippen LogP contribution in [0.25, 0.3) is 11.3 Å². The molecule has 2 heterocycles. The van der Waals surface area contributed by atoms with Crippen LogP contribution in [0.4, 0.5) is 0 Å². The molecule has 0 saturated heterocycles. The predicted octanol–water partition coefficient (Wildman–Crippen LogP) is 1.77. The molecule has 2 amide bonds. The lowest BCUT2D eigenvalue weighted by molar-refractivity contribution is -0.137. The Kier molecular flexibility index (Phi) is 5.40. The Morgan fingerprint density at radius 2 is 1.84 bits per heavy atom. The van der Waals surface area contributed by atoms with Crippen LogP contribution in [0.3, 0.4) is 0 Å². The van der Waals surface area contributed by atoms with Gasteiger partial charge in [-0.15, -0.1) is 0 Å². The van der Waals surface area contributed by atoms with Crippen LogP contribution < -0.4 is 20.5 Å². The van der Waals surface area contributed by atoms with Crippen molar-refractivity contribution in [2.45, 2.75) is 19.4 Å². The Morgan fingerprint density at radius 1 is 1.10 bits per heavy atom. The van der Waals surface area contributed by atoms with E-state index in [-0.39, 0.29) is 24.5 Å². The van der Waals surface area contributed by atoms with Gasteiger partial charge in [-0.05, 0) is 30.7 Å². The highest BCUT2D eigenvalue weighted by molar-refractivity contribution is 6.38. The van der Waals surface area contributed by atoms with Crippen molar-refractivity contribution in [2.24, 2.45) is 5.73 Å².